The van der Waals surface area contributed by atoms with E-state index in [0.717, 1.165) is 0 Å². The van der Waals surface area contributed by atoms with Crippen LogP contribution in [0.1, 0.15) is 28.8 Å². The number of benzene rings is 2. The lowest BCUT2D eigenvalue weighted by atomic mass is 9.60. The Morgan fingerprint density at radius 3 is 2.35 bits per heavy atom. The third-order valence-electron chi connectivity index (χ3n) is 7.82. The largest absolute Gasteiger partial charge is 0.511 e. The lowest BCUT2D eigenvalue weighted by Crippen LogP contribution is -2.57. The molecule has 0 aliphatic heterocycles. The minimum Gasteiger partial charge on any atom is -0.511 e. The topological polar surface area (TPSA) is 208 Å². The maximum Gasteiger partial charge on any atom is 0.262 e. The van der Waals surface area contributed by atoms with Crippen LogP contribution >= 0.6 is 0 Å². The smallest absolute Gasteiger partial charge is 0.262 e. The van der Waals surface area contributed by atoms with Crippen LogP contribution in [0.2, 0.25) is 0 Å². The first-order valence-corrected chi connectivity index (χ1v) is 13.8. The van der Waals surface area contributed by atoms with E-state index in [2.05, 4.69) is 4.72 Å². The SMILES string of the molecule is CN(C)c1cc(NS(=O)(=O)c2ccccc2)c(O)c2c1C[C@H]1C[C@H]3CC(O)=C(C(N)=O)C(=O)[C@@]3(O)C(O)=C1C2=O. The Hall–Kier alpha value is -4.36. The summed E-state index contributed by atoms with van der Waals surface area (Å²) in [7, 11) is -0.828. The quantitative estimate of drug-likeness (QED) is 0.226. The summed E-state index contributed by atoms with van der Waals surface area (Å²) in [5.74, 6) is -7.58. The van der Waals surface area contributed by atoms with E-state index in [9.17, 15) is 43.2 Å². The van der Waals surface area contributed by atoms with Crippen molar-refractivity contribution in [1.29, 1.82) is 0 Å². The number of nitrogens with one attached hydrogen (secondary N) is 1. The van der Waals surface area contributed by atoms with Gasteiger partial charge in [-0.05, 0) is 42.5 Å². The summed E-state index contributed by atoms with van der Waals surface area (Å²) in [6, 6.07) is 8.80. The second-order valence-corrected chi connectivity index (χ2v) is 12.1. The van der Waals surface area contributed by atoms with Crippen LogP contribution in [-0.2, 0) is 26.0 Å². The average molecular weight is 570 g/mol. The number of rotatable bonds is 5. The van der Waals surface area contributed by atoms with E-state index in [1.807, 2.05) is 0 Å². The number of aliphatic hydroxyl groups is 3. The van der Waals surface area contributed by atoms with Crippen molar-refractivity contribution in [3.63, 3.8) is 0 Å². The number of primary amides is 1. The minimum atomic E-state index is -4.17. The summed E-state index contributed by atoms with van der Waals surface area (Å²) in [4.78, 5) is 40.4. The van der Waals surface area contributed by atoms with Gasteiger partial charge >= 0.3 is 0 Å². The molecule has 2 aromatic carbocycles. The van der Waals surface area contributed by atoms with Gasteiger partial charge in [-0.2, -0.15) is 0 Å². The van der Waals surface area contributed by atoms with E-state index < -0.39 is 67.8 Å². The molecule has 0 aromatic heterocycles. The van der Waals surface area contributed by atoms with Gasteiger partial charge in [-0.15, -0.1) is 0 Å². The van der Waals surface area contributed by atoms with Crippen molar-refractivity contribution >= 4 is 38.9 Å². The number of carbonyl (C=O) groups excluding carboxylic acids is 3. The number of amides is 1. The van der Waals surface area contributed by atoms with Crippen LogP contribution in [-0.4, -0.2) is 66.0 Å². The molecular weight excluding hydrogens is 542 g/mol. The molecule has 0 spiro atoms. The molecule has 3 atom stereocenters. The van der Waals surface area contributed by atoms with Gasteiger partial charge in [-0.3, -0.25) is 19.1 Å². The van der Waals surface area contributed by atoms with Crippen molar-refractivity contribution in [2.24, 2.45) is 17.6 Å². The number of hydrogen-bond donors (Lipinski definition) is 6. The van der Waals surface area contributed by atoms with Crippen LogP contribution in [0.4, 0.5) is 11.4 Å². The van der Waals surface area contributed by atoms with Gasteiger partial charge in [-0.25, -0.2) is 8.42 Å². The first-order valence-electron chi connectivity index (χ1n) is 12.3. The van der Waals surface area contributed by atoms with Gasteiger partial charge in [0.05, 0.1) is 16.1 Å². The molecule has 5 rings (SSSR count). The van der Waals surface area contributed by atoms with Gasteiger partial charge < -0.3 is 31.1 Å². The van der Waals surface area contributed by atoms with Crippen molar-refractivity contribution in [3.05, 3.63) is 70.2 Å². The highest BCUT2D eigenvalue weighted by Crippen LogP contribution is 2.53. The number of ketones is 2. The number of nitrogens with two attached hydrogens (primary N) is 1. The van der Waals surface area contributed by atoms with Crippen LogP contribution < -0.4 is 15.4 Å². The lowest BCUT2D eigenvalue weighted by molar-refractivity contribution is -0.144. The Labute approximate surface area is 229 Å². The summed E-state index contributed by atoms with van der Waals surface area (Å²) in [5.41, 5.74) is 1.54. The Kier molecular flexibility index (Phi) is 6.19. The zero-order valence-electron chi connectivity index (χ0n) is 21.5. The number of phenols is 1. The molecule has 1 amide bonds. The highest BCUT2D eigenvalue weighted by molar-refractivity contribution is 7.92. The summed E-state index contributed by atoms with van der Waals surface area (Å²) in [6.45, 7) is 0. The lowest BCUT2D eigenvalue weighted by Gasteiger charge is -2.45. The first-order chi connectivity index (χ1) is 18.7. The Balaban J connectivity index is 1.67. The Morgan fingerprint density at radius 1 is 1.10 bits per heavy atom. The molecule has 0 unspecified atom stereocenters. The van der Waals surface area contributed by atoms with E-state index in [1.54, 1.807) is 25.1 Å². The van der Waals surface area contributed by atoms with Crippen LogP contribution in [0.5, 0.6) is 5.75 Å². The van der Waals surface area contributed by atoms with E-state index >= 15 is 0 Å². The molecule has 2 aromatic rings. The standard InChI is InChI=1S/C27H27N3O9S/c1-30(2)17-11-16(29-40(38,39)14-6-4-3-5-7-14)22(32)20-15(17)9-12-8-13-10-18(31)21(26(28)36)25(35)27(13,37)24(34)19(12)23(20)33/h3-7,11-13,29,31-32,34,37H,8-10H2,1-2H3,(H2,28,36)/t12-,13+,27+/m1/s1. The van der Waals surface area contributed by atoms with Crippen LogP contribution in [0.25, 0.3) is 0 Å². The normalized spacial score (nSPS) is 24.3. The monoisotopic (exact) mass is 569 g/mol. The molecule has 0 saturated heterocycles. The number of aliphatic hydroxyl groups excluding tert-OH is 2. The predicted molar refractivity (Wildman–Crippen MR) is 142 cm³/mol. The van der Waals surface area contributed by atoms with Gasteiger partial charge in [0.1, 0.15) is 17.1 Å². The molecule has 12 nitrogen and oxygen atoms in total. The van der Waals surface area contributed by atoms with Crippen molar-refractivity contribution in [2.75, 3.05) is 23.7 Å². The van der Waals surface area contributed by atoms with E-state index in [1.165, 1.54) is 30.3 Å². The number of nitrogens with zero attached hydrogens (tertiary/aromatic N) is 1. The van der Waals surface area contributed by atoms with Crippen LogP contribution in [0, 0.1) is 11.8 Å². The highest BCUT2D eigenvalue weighted by atomic mass is 32.2. The average Bonchev–Trinajstić information content (AvgIpc) is 2.87. The second-order valence-electron chi connectivity index (χ2n) is 10.4. The molecule has 210 valence electrons. The van der Waals surface area contributed by atoms with Crippen LogP contribution in [0.15, 0.2) is 64.0 Å². The van der Waals surface area contributed by atoms with Crippen molar-refractivity contribution < 1.29 is 43.2 Å². The van der Waals surface area contributed by atoms with E-state index in [4.69, 9.17) is 5.73 Å². The molecule has 40 heavy (non-hydrogen) atoms. The Morgan fingerprint density at radius 2 is 1.75 bits per heavy atom. The third-order valence-corrected chi connectivity index (χ3v) is 9.20. The number of hydrogen-bond acceptors (Lipinski definition) is 10. The van der Waals surface area contributed by atoms with E-state index in [-0.39, 0.29) is 41.0 Å². The molecular formula is C27H27N3O9S. The van der Waals surface area contributed by atoms with Gasteiger partial charge in [0.2, 0.25) is 5.78 Å². The fourth-order valence-electron chi connectivity index (χ4n) is 5.95. The number of phenolic OH excluding ortho intramolecular Hbond substituents is 1. The van der Waals surface area contributed by atoms with Gasteiger partial charge in [0.25, 0.3) is 15.9 Å². The number of sulfonamides is 1. The van der Waals surface area contributed by atoms with E-state index in [0.29, 0.717) is 11.3 Å². The van der Waals surface area contributed by atoms with Crippen molar-refractivity contribution in [3.8, 4) is 5.75 Å². The molecule has 3 aliphatic rings. The zero-order chi connectivity index (χ0) is 29.3. The number of fused-ring (bicyclic) bond motifs is 3. The fraction of sp³-hybridized carbons (Fsp3) is 0.296. The molecule has 0 bridgehead atoms. The number of Topliss-reactive ketones (excluding diaryl/α,β-unsaturated/α-hetero) is 2. The maximum atomic E-state index is 13.9. The molecule has 7 N–H and O–H groups in total. The fourth-order valence-corrected chi connectivity index (χ4v) is 7.03. The molecule has 0 saturated carbocycles. The molecule has 0 radical (unpaired) electrons. The summed E-state index contributed by atoms with van der Waals surface area (Å²) in [6.07, 6.45) is -0.262. The maximum absolute atomic E-state index is 13.9. The molecule has 13 heteroatoms. The van der Waals surface area contributed by atoms with Gasteiger partial charge in [0.15, 0.2) is 17.1 Å². The number of allylic oxidation sites excluding steroid dienone is 2. The Bertz CT molecular complexity index is 1660. The first kappa shape index (κ1) is 27.2. The van der Waals surface area contributed by atoms with Crippen molar-refractivity contribution in [2.45, 2.75) is 29.8 Å². The zero-order valence-corrected chi connectivity index (χ0v) is 22.3. The highest BCUT2D eigenvalue weighted by Gasteiger charge is 2.59. The molecule has 3 aliphatic carbocycles. The molecule has 0 heterocycles. The number of aromatic hydroxyl groups is 1. The summed E-state index contributed by atoms with van der Waals surface area (Å²) >= 11 is 0. The van der Waals surface area contributed by atoms with Gasteiger partial charge in [0, 0.05) is 37.7 Å². The predicted octanol–water partition coefficient (Wildman–Crippen LogP) is 1.45. The molecule has 0 fully saturated rings. The number of anilines is 2. The second kappa shape index (κ2) is 9.10. The van der Waals surface area contributed by atoms with Crippen molar-refractivity contribution in [1.82, 2.24) is 0 Å². The minimum absolute atomic E-state index is 0.0149. The van der Waals surface area contributed by atoms with Gasteiger partial charge in [-0.1, -0.05) is 18.2 Å². The summed E-state index contributed by atoms with van der Waals surface area (Å²) < 4.78 is 28.3. The van der Waals surface area contributed by atoms with Crippen LogP contribution in [0.3, 0.4) is 0 Å². The number of carbonyl (C=O) groups is 3. The summed E-state index contributed by atoms with van der Waals surface area (Å²) in [5, 5.41) is 44.1. The third kappa shape index (κ3) is 3.84.